The van der Waals surface area contributed by atoms with Crippen LogP contribution >= 0.6 is 22.9 Å². The van der Waals surface area contributed by atoms with Gasteiger partial charge in [0.2, 0.25) is 0 Å². The topological polar surface area (TPSA) is 58.6 Å². The van der Waals surface area contributed by atoms with E-state index in [0.717, 1.165) is 29.5 Å². The van der Waals surface area contributed by atoms with Crippen LogP contribution in [0.2, 0.25) is 5.02 Å². The Morgan fingerprint density at radius 2 is 1.82 bits per heavy atom. The van der Waals surface area contributed by atoms with Gasteiger partial charge in [0.15, 0.2) is 12.4 Å². The van der Waals surface area contributed by atoms with Crippen molar-refractivity contribution in [2.24, 2.45) is 0 Å². The largest absolute Gasteiger partial charge is 0.484 e. The summed E-state index contributed by atoms with van der Waals surface area (Å²) in [4.78, 5) is 17.5. The number of piperazine rings is 1. The van der Waals surface area contributed by atoms with Gasteiger partial charge in [0, 0.05) is 31.2 Å². The molecule has 1 aliphatic rings. The maximum Gasteiger partial charge on any atom is 0.260 e. The fourth-order valence-corrected chi connectivity index (χ4v) is 3.82. The Hall–Kier alpha value is -2.64. The molecular weight excluding hydrogens is 396 g/mol. The van der Waals surface area contributed by atoms with Crippen molar-refractivity contribution < 1.29 is 9.53 Å². The van der Waals surface area contributed by atoms with E-state index in [4.69, 9.17) is 16.3 Å². The van der Waals surface area contributed by atoms with Gasteiger partial charge >= 0.3 is 0 Å². The smallest absolute Gasteiger partial charge is 0.260 e. The van der Waals surface area contributed by atoms with Crippen molar-refractivity contribution in [3.05, 3.63) is 58.9 Å². The summed E-state index contributed by atoms with van der Waals surface area (Å²) < 4.78 is 5.55. The van der Waals surface area contributed by atoms with Crippen LogP contribution in [0.4, 0.5) is 5.82 Å². The molecule has 2 aromatic heterocycles. The Bertz CT molecular complexity index is 908. The Morgan fingerprint density at radius 3 is 2.46 bits per heavy atom. The van der Waals surface area contributed by atoms with Crippen LogP contribution in [0.3, 0.4) is 0 Å². The van der Waals surface area contributed by atoms with E-state index < -0.39 is 0 Å². The van der Waals surface area contributed by atoms with Gasteiger partial charge in [-0.2, -0.15) is 0 Å². The van der Waals surface area contributed by atoms with Crippen LogP contribution in [-0.4, -0.2) is 53.8 Å². The summed E-state index contributed by atoms with van der Waals surface area (Å²) in [5.41, 5.74) is 0.881. The van der Waals surface area contributed by atoms with E-state index >= 15 is 0 Å². The molecule has 0 aliphatic carbocycles. The minimum absolute atomic E-state index is 0.0197. The van der Waals surface area contributed by atoms with Crippen molar-refractivity contribution in [2.45, 2.75) is 0 Å². The summed E-state index contributed by atoms with van der Waals surface area (Å²) in [6.45, 7) is 2.74. The van der Waals surface area contributed by atoms with Crippen LogP contribution in [0.5, 0.6) is 5.75 Å². The number of hydrogen-bond acceptors (Lipinski definition) is 6. The van der Waals surface area contributed by atoms with Crippen molar-refractivity contribution in [1.82, 2.24) is 15.1 Å². The van der Waals surface area contributed by atoms with E-state index in [-0.39, 0.29) is 12.5 Å². The highest BCUT2D eigenvalue weighted by Crippen LogP contribution is 2.23. The van der Waals surface area contributed by atoms with E-state index in [2.05, 4.69) is 15.1 Å². The molecule has 0 spiro atoms. The monoisotopic (exact) mass is 414 g/mol. The molecule has 3 aromatic rings. The first-order chi connectivity index (χ1) is 13.7. The highest BCUT2D eigenvalue weighted by Gasteiger charge is 2.22. The van der Waals surface area contributed by atoms with Gasteiger partial charge in [-0.3, -0.25) is 4.79 Å². The molecule has 144 valence electrons. The molecule has 0 N–H and O–H groups in total. The number of carbonyl (C=O) groups excluding carboxylic acids is 1. The lowest BCUT2D eigenvalue weighted by molar-refractivity contribution is -0.133. The number of ether oxygens (including phenoxy) is 1. The number of anilines is 1. The number of carbonyl (C=O) groups is 1. The summed E-state index contributed by atoms with van der Waals surface area (Å²) in [6, 6.07) is 15.0. The third-order valence-electron chi connectivity index (χ3n) is 4.56. The molecule has 1 saturated heterocycles. The van der Waals surface area contributed by atoms with Crippen LogP contribution < -0.4 is 9.64 Å². The van der Waals surface area contributed by atoms with E-state index in [9.17, 15) is 4.79 Å². The Morgan fingerprint density at radius 1 is 1.04 bits per heavy atom. The zero-order chi connectivity index (χ0) is 19.3. The predicted octanol–water partition coefficient (Wildman–Crippen LogP) is 3.59. The van der Waals surface area contributed by atoms with Crippen molar-refractivity contribution in [1.29, 1.82) is 0 Å². The van der Waals surface area contributed by atoms with Crippen LogP contribution in [0, 0.1) is 0 Å². The van der Waals surface area contributed by atoms with Crippen LogP contribution in [0.25, 0.3) is 10.6 Å². The number of nitrogens with zero attached hydrogens (tertiary/aromatic N) is 4. The van der Waals surface area contributed by atoms with Gasteiger partial charge in [0.05, 0.1) is 4.88 Å². The van der Waals surface area contributed by atoms with Crippen LogP contribution in [-0.2, 0) is 4.79 Å². The maximum absolute atomic E-state index is 12.4. The molecule has 1 aliphatic heterocycles. The van der Waals surface area contributed by atoms with Crippen LogP contribution in [0.1, 0.15) is 0 Å². The van der Waals surface area contributed by atoms with Gasteiger partial charge in [0.1, 0.15) is 11.4 Å². The number of aromatic nitrogens is 2. The average molecular weight is 415 g/mol. The number of halogens is 1. The average Bonchev–Trinajstić information content (AvgIpc) is 3.28. The molecule has 1 fully saturated rings. The molecule has 4 rings (SSSR count). The van der Waals surface area contributed by atoms with Crippen molar-refractivity contribution in [3.8, 4) is 16.3 Å². The highest BCUT2D eigenvalue weighted by molar-refractivity contribution is 7.13. The molecule has 1 aromatic carbocycles. The lowest BCUT2D eigenvalue weighted by Gasteiger charge is -2.35. The molecule has 0 unspecified atom stereocenters. The predicted molar refractivity (Wildman–Crippen MR) is 111 cm³/mol. The van der Waals surface area contributed by atoms with Gasteiger partial charge in [-0.15, -0.1) is 21.5 Å². The molecule has 0 saturated carbocycles. The molecule has 8 heteroatoms. The van der Waals surface area contributed by atoms with Gasteiger partial charge in [0.25, 0.3) is 5.91 Å². The van der Waals surface area contributed by atoms with E-state index in [1.165, 1.54) is 0 Å². The highest BCUT2D eigenvalue weighted by atomic mass is 35.5. The lowest BCUT2D eigenvalue weighted by atomic mass is 10.3. The fraction of sp³-hybridized carbons (Fsp3) is 0.250. The lowest BCUT2D eigenvalue weighted by Crippen LogP contribution is -2.50. The molecule has 3 heterocycles. The summed E-state index contributed by atoms with van der Waals surface area (Å²) in [5, 5.41) is 11.3. The van der Waals surface area contributed by atoms with Crippen molar-refractivity contribution in [2.75, 3.05) is 37.7 Å². The molecule has 1 amide bonds. The van der Waals surface area contributed by atoms with Crippen molar-refractivity contribution >= 4 is 34.7 Å². The number of thiophene rings is 1. The number of rotatable bonds is 5. The zero-order valence-corrected chi connectivity index (χ0v) is 16.7. The molecule has 0 atom stereocenters. The Kier molecular flexibility index (Phi) is 5.73. The Balaban J connectivity index is 1.28. The van der Waals surface area contributed by atoms with E-state index in [1.54, 1.807) is 35.6 Å². The second-order valence-electron chi connectivity index (χ2n) is 6.36. The first-order valence-electron chi connectivity index (χ1n) is 8.98. The maximum atomic E-state index is 12.4. The van der Waals surface area contributed by atoms with Gasteiger partial charge in [-0.1, -0.05) is 17.7 Å². The van der Waals surface area contributed by atoms with E-state index in [1.807, 2.05) is 34.5 Å². The van der Waals surface area contributed by atoms with E-state index in [0.29, 0.717) is 23.9 Å². The summed E-state index contributed by atoms with van der Waals surface area (Å²) in [5.74, 6) is 1.45. The third kappa shape index (κ3) is 4.43. The fourth-order valence-electron chi connectivity index (χ4n) is 3.00. The van der Waals surface area contributed by atoms with Crippen LogP contribution in [0.15, 0.2) is 53.9 Å². The summed E-state index contributed by atoms with van der Waals surface area (Å²) >= 11 is 7.50. The second kappa shape index (κ2) is 8.58. The molecular formula is C20H19ClN4O2S. The standard InChI is InChI=1S/C20H19ClN4O2S/c21-15-3-5-16(6-4-15)27-14-20(26)25-11-9-24(10-12-25)19-8-7-17(22-23-19)18-2-1-13-28-18/h1-8,13H,9-12,14H2. The van der Waals surface area contributed by atoms with Gasteiger partial charge in [-0.05, 0) is 47.8 Å². The van der Waals surface area contributed by atoms with Gasteiger partial charge < -0.3 is 14.5 Å². The molecule has 0 bridgehead atoms. The number of benzene rings is 1. The molecule has 6 nitrogen and oxygen atoms in total. The Labute approximate surface area is 172 Å². The van der Waals surface area contributed by atoms with Crippen molar-refractivity contribution in [3.63, 3.8) is 0 Å². The number of amides is 1. The normalized spacial score (nSPS) is 14.2. The zero-order valence-electron chi connectivity index (χ0n) is 15.1. The SMILES string of the molecule is O=C(COc1ccc(Cl)cc1)N1CCN(c2ccc(-c3cccs3)nn2)CC1. The molecule has 0 radical (unpaired) electrons. The second-order valence-corrected chi connectivity index (χ2v) is 7.75. The van der Waals surface area contributed by atoms with Gasteiger partial charge in [-0.25, -0.2) is 0 Å². The minimum Gasteiger partial charge on any atom is -0.484 e. The molecule has 28 heavy (non-hydrogen) atoms. The first kappa shape index (κ1) is 18.7. The quantitative estimate of drug-likeness (QED) is 0.638. The first-order valence-corrected chi connectivity index (χ1v) is 10.2. The number of hydrogen-bond donors (Lipinski definition) is 0. The minimum atomic E-state index is -0.0197. The summed E-state index contributed by atoms with van der Waals surface area (Å²) in [7, 11) is 0. The summed E-state index contributed by atoms with van der Waals surface area (Å²) in [6.07, 6.45) is 0. The third-order valence-corrected chi connectivity index (χ3v) is 5.70.